The van der Waals surface area contributed by atoms with Gasteiger partial charge in [-0.15, -0.1) is 0 Å². The van der Waals surface area contributed by atoms with Crippen molar-refractivity contribution in [2.24, 2.45) is 11.8 Å². The summed E-state index contributed by atoms with van der Waals surface area (Å²) in [6, 6.07) is 16.0. The molecule has 0 aromatic heterocycles. The minimum atomic E-state index is -2.92. The highest BCUT2D eigenvalue weighted by molar-refractivity contribution is 5.94. The largest absolute Gasteiger partial charge is 0.435 e. The number of benzene rings is 2. The fraction of sp³-hybridized carbons (Fsp3) is 0.381. The Hall–Kier alpha value is -2.47. The van der Waals surface area contributed by atoms with Gasteiger partial charge in [0.2, 0.25) is 0 Å². The molecule has 1 saturated carbocycles. The lowest BCUT2D eigenvalue weighted by Gasteiger charge is -2.48. The van der Waals surface area contributed by atoms with E-state index in [1.165, 1.54) is 23.8 Å². The number of hydrogen-bond acceptors (Lipinski definition) is 3. The van der Waals surface area contributed by atoms with Crippen LogP contribution < -0.4 is 10.1 Å². The fourth-order valence-corrected chi connectivity index (χ4v) is 4.22. The Bertz CT molecular complexity index is 799. The summed E-state index contributed by atoms with van der Waals surface area (Å²) in [5.74, 6) is 0.227. The van der Waals surface area contributed by atoms with E-state index in [2.05, 4.69) is 22.2 Å². The number of carbonyl (C=O) groups is 1. The average molecular weight is 373 g/mol. The molecule has 27 heavy (non-hydrogen) atoms. The van der Waals surface area contributed by atoms with E-state index in [0.717, 1.165) is 12.8 Å². The molecule has 2 aromatic carbocycles. The Morgan fingerprint density at radius 3 is 2.78 bits per heavy atom. The second-order valence-corrected chi connectivity index (χ2v) is 7.05. The van der Waals surface area contributed by atoms with E-state index in [1.807, 2.05) is 18.2 Å². The predicted octanol–water partition coefficient (Wildman–Crippen LogP) is 3.66. The van der Waals surface area contributed by atoms with Gasteiger partial charge < -0.3 is 14.8 Å². The van der Waals surface area contributed by atoms with Crippen LogP contribution in [-0.4, -0.2) is 31.3 Å². The van der Waals surface area contributed by atoms with Crippen LogP contribution in [-0.2, 0) is 11.2 Å². The number of amides is 1. The van der Waals surface area contributed by atoms with E-state index in [9.17, 15) is 13.6 Å². The van der Waals surface area contributed by atoms with Crippen LogP contribution in [0.5, 0.6) is 5.75 Å². The van der Waals surface area contributed by atoms with Gasteiger partial charge in [0.1, 0.15) is 5.75 Å². The fourth-order valence-electron chi connectivity index (χ4n) is 4.22. The lowest BCUT2D eigenvalue weighted by atomic mass is 9.64. The van der Waals surface area contributed by atoms with Gasteiger partial charge in [-0.05, 0) is 36.6 Å². The Labute approximate surface area is 156 Å². The van der Waals surface area contributed by atoms with Crippen LogP contribution in [0.1, 0.15) is 22.3 Å². The number of rotatable bonds is 6. The van der Waals surface area contributed by atoms with Gasteiger partial charge in [0.25, 0.3) is 5.91 Å². The molecule has 1 amide bonds. The molecule has 2 fully saturated rings. The van der Waals surface area contributed by atoms with E-state index in [-0.39, 0.29) is 29.7 Å². The molecule has 1 heterocycles. The van der Waals surface area contributed by atoms with Crippen LogP contribution in [0, 0.1) is 11.8 Å². The second kappa shape index (κ2) is 7.64. The van der Waals surface area contributed by atoms with Gasteiger partial charge in [-0.25, -0.2) is 0 Å². The third-order valence-electron chi connectivity index (χ3n) is 5.46. The van der Waals surface area contributed by atoms with Crippen LogP contribution in [0.25, 0.3) is 0 Å². The zero-order valence-corrected chi connectivity index (χ0v) is 14.7. The molecule has 142 valence electrons. The van der Waals surface area contributed by atoms with Crippen molar-refractivity contribution in [2.75, 3.05) is 6.61 Å². The van der Waals surface area contributed by atoms with Crippen molar-refractivity contribution >= 4 is 5.91 Å². The lowest BCUT2D eigenvalue weighted by Crippen LogP contribution is -2.62. The van der Waals surface area contributed by atoms with Crippen molar-refractivity contribution in [1.29, 1.82) is 0 Å². The Balaban J connectivity index is 1.46. The Morgan fingerprint density at radius 2 is 2.00 bits per heavy atom. The minimum absolute atomic E-state index is 0.0184. The molecule has 4 nitrogen and oxygen atoms in total. The highest BCUT2D eigenvalue weighted by atomic mass is 19.3. The number of hydrogen-bond donors (Lipinski definition) is 1. The van der Waals surface area contributed by atoms with Gasteiger partial charge >= 0.3 is 6.61 Å². The van der Waals surface area contributed by atoms with Crippen LogP contribution in [0.15, 0.2) is 54.6 Å². The van der Waals surface area contributed by atoms with Gasteiger partial charge in [-0.2, -0.15) is 8.78 Å². The maximum atomic E-state index is 12.7. The first-order chi connectivity index (χ1) is 13.1. The molecule has 1 N–H and O–H groups in total. The van der Waals surface area contributed by atoms with Gasteiger partial charge in [0.05, 0.1) is 6.10 Å². The molecule has 4 atom stereocenters. The number of ether oxygens (including phenoxy) is 2. The SMILES string of the molecule is O=C(N[C@@H]1[C@@H](Cc2ccccc2)[C@H]2OCC[C@@H]12)c1cccc(OC(F)F)c1. The zero-order chi connectivity index (χ0) is 18.8. The molecule has 0 unspecified atom stereocenters. The van der Waals surface area contributed by atoms with Crippen molar-refractivity contribution in [3.05, 3.63) is 65.7 Å². The summed E-state index contributed by atoms with van der Waals surface area (Å²) in [5.41, 5.74) is 1.53. The normalized spacial score (nSPS) is 26.3. The second-order valence-electron chi connectivity index (χ2n) is 7.05. The minimum Gasteiger partial charge on any atom is -0.435 e. The number of fused-ring (bicyclic) bond motifs is 1. The van der Waals surface area contributed by atoms with E-state index in [0.29, 0.717) is 18.1 Å². The summed E-state index contributed by atoms with van der Waals surface area (Å²) in [4.78, 5) is 12.7. The monoisotopic (exact) mass is 373 g/mol. The number of nitrogens with one attached hydrogen (secondary N) is 1. The van der Waals surface area contributed by atoms with Crippen molar-refractivity contribution in [2.45, 2.75) is 31.6 Å². The Kier molecular flexibility index (Phi) is 5.07. The van der Waals surface area contributed by atoms with Crippen molar-refractivity contribution in [3.63, 3.8) is 0 Å². The summed E-state index contributed by atoms with van der Waals surface area (Å²) in [5, 5.41) is 3.09. The Morgan fingerprint density at radius 1 is 1.19 bits per heavy atom. The standard InChI is InChI=1S/C21H21F2NO3/c22-21(23)27-15-8-4-7-14(12-15)20(25)24-18-16-9-10-26-19(16)17(18)11-13-5-2-1-3-6-13/h1-8,12,16-19,21H,9-11H2,(H,24,25)/t16-,17+,18-,19-/m0/s1. The topological polar surface area (TPSA) is 47.6 Å². The van der Waals surface area contributed by atoms with Crippen LogP contribution in [0.3, 0.4) is 0 Å². The molecular formula is C21H21F2NO3. The molecule has 0 radical (unpaired) electrons. The molecule has 2 aromatic rings. The van der Waals surface area contributed by atoms with Gasteiger partial charge in [-0.1, -0.05) is 36.4 Å². The first-order valence-electron chi connectivity index (χ1n) is 9.13. The lowest BCUT2D eigenvalue weighted by molar-refractivity contribution is -0.0530. The van der Waals surface area contributed by atoms with E-state index in [1.54, 1.807) is 6.07 Å². The van der Waals surface area contributed by atoms with Crippen molar-refractivity contribution < 1.29 is 23.0 Å². The first kappa shape index (κ1) is 17.9. The van der Waals surface area contributed by atoms with Gasteiger partial charge in [0, 0.05) is 30.0 Å². The third kappa shape index (κ3) is 3.81. The van der Waals surface area contributed by atoms with E-state index >= 15 is 0 Å². The van der Waals surface area contributed by atoms with Crippen LogP contribution in [0.4, 0.5) is 8.78 Å². The van der Waals surface area contributed by atoms with Crippen molar-refractivity contribution in [3.8, 4) is 5.75 Å². The highest BCUT2D eigenvalue weighted by Crippen LogP contribution is 2.45. The smallest absolute Gasteiger partial charge is 0.387 e. The molecular weight excluding hydrogens is 352 g/mol. The third-order valence-corrected chi connectivity index (χ3v) is 5.46. The summed E-state index contributed by atoms with van der Waals surface area (Å²) in [7, 11) is 0. The number of carbonyl (C=O) groups excluding carboxylic acids is 1. The maximum absolute atomic E-state index is 12.7. The number of alkyl halides is 2. The van der Waals surface area contributed by atoms with Gasteiger partial charge in [-0.3, -0.25) is 4.79 Å². The molecule has 2 aliphatic rings. The van der Waals surface area contributed by atoms with E-state index in [4.69, 9.17) is 4.74 Å². The zero-order valence-electron chi connectivity index (χ0n) is 14.7. The van der Waals surface area contributed by atoms with Crippen LogP contribution >= 0.6 is 0 Å². The predicted molar refractivity (Wildman–Crippen MR) is 95.8 cm³/mol. The molecule has 0 bridgehead atoms. The average Bonchev–Trinajstić information content (AvgIpc) is 3.09. The first-order valence-corrected chi connectivity index (χ1v) is 9.13. The molecule has 0 spiro atoms. The summed E-state index contributed by atoms with van der Waals surface area (Å²) in [6.07, 6.45) is 1.93. The number of halogens is 2. The maximum Gasteiger partial charge on any atom is 0.387 e. The quantitative estimate of drug-likeness (QED) is 0.841. The molecule has 6 heteroatoms. The van der Waals surface area contributed by atoms with E-state index < -0.39 is 6.61 Å². The molecule has 4 rings (SSSR count). The summed E-state index contributed by atoms with van der Waals surface area (Å²) >= 11 is 0. The molecule has 1 aliphatic heterocycles. The molecule has 1 aliphatic carbocycles. The summed E-state index contributed by atoms with van der Waals surface area (Å²) in [6.45, 7) is -2.20. The highest BCUT2D eigenvalue weighted by Gasteiger charge is 2.54. The summed E-state index contributed by atoms with van der Waals surface area (Å²) < 4.78 is 35.0. The molecule has 1 saturated heterocycles. The van der Waals surface area contributed by atoms with Gasteiger partial charge in [0.15, 0.2) is 0 Å². The van der Waals surface area contributed by atoms with Crippen LogP contribution in [0.2, 0.25) is 0 Å². The van der Waals surface area contributed by atoms with Crippen molar-refractivity contribution in [1.82, 2.24) is 5.32 Å².